The highest BCUT2D eigenvalue weighted by atomic mass is 19.4. The van der Waals surface area contributed by atoms with E-state index in [1.54, 1.807) is 6.07 Å². The molecule has 0 heterocycles. The molecule has 0 radical (unpaired) electrons. The van der Waals surface area contributed by atoms with Gasteiger partial charge < -0.3 is 14.4 Å². The maximum absolute atomic E-state index is 13.2. The summed E-state index contributed by atoms with van der Waals surface area (Å²) in [6.45, 7) is -3.08. The molecule has 0 aromatic heterocycles. The minimum Gasteiger partial charge on any atom is -0.493 e. The quantitative estimate of drug-likeness (QED) is 0.660. The van der Waals surface area contributed by atoms with Crippen LogP contribution in [-0.4, -0.2) is 37.8 Å². The van der Waals surface area contributed by atoms with Crippen LogP contribution in [0.15, 0.2) is 18.2 Å². The van der Waals surface area contributed by atoms with Gasteiger partial charge in [-0.25, -0.2) is 0 Å². The van der Waals surface area contributed by atoms with E-state index in [1.165, 1.54) is 31.2 Å². The van der Waals surface area contributed by atoms with Gasteiger partial charge in [-0.1, -0.05) is 18.9 Å². The number of hydrogen-bond donors (Lipinski definition) is 0. The standard InChI is InChI=1S/C18H22F5NO3/c1-24(16(25)12-5-3-4-6-13(12)18(21,22)23)10-11-7-8-14(26-2)15(9-11)27-17(19)20/h7-9,12-13,17H,3-6,10H2,1-2H3. The Labute approximate surface area is 154 Å². The number of amides is 1. The second kappa shape index (κ2) is 8.75. The Hall–Kier alpha value is -2.06. The predicted octanol–water partition coefficient (Wildman–Crippen LogP) is 4.62. The van der Waals surface area contributed by atoms with Gasteiger partial charge in [0.1, 0.15) is 0 Å². The molecule has 0 aliphatic heterocycles. The minimum absolute atomic E-state index is 0.0243. The van der Waals surface area contributed by atoms with Crippen molar-refractivity contribution in [1.29, 1.82) is 0 Å². The number of hydrogen-bond acceptors (Lipinski definition) is 3. The maximum Gasteiger partial charge on any atom is 0.392 e. The van der Waals surface area contributed by atoms with Gasteiger partial charge in [-0.2, -0.15) is 22.0 Å². The number of benzene rings is 1. The first-order valence-corrected chi connectivity index (χ1v) is 8.57. The van der Waals surface area contributed by atoms with Crippen LogP contribution >= 0.6 is 0 Å². The van der Waals surface area contributed by atoms with Crippen molar-refractivity contribution in [2.24, 2.45) is 11.8 Å². The average molecular weight is 395 g/mol. The Morgan fingerprint density at radius 3 is 2.48 bits per heavy atom. The van der Waals surface area contributed by atoms with Crippen molar-refractivity contribution in [3.8, 4) is 11.5 Å². The lowest BCUT2D eigenvalue weighted by molar-refractivity contribution is -0.200. The Balaban J connectivity index is 2.13. The van der Waals surface area contributed by atoms with E-state index in [0.717, 1.165) is 0 Å². The van der Waals surface area contributed by atoms with Gasteiger partial charge in [0.05, 0.1) is 13.0 Å². The van der Waals surface area contributed by atoms with Crippen LogP contribution in [0, 0.1) is 11.8 Å². The summed E-state index contributed by atoms with van der Waals surface area (Å²) < 4.78 is 74.0. The second-order valence-corrected chi connectivity index (χ2v) is 6.60. The molecule has 1 aromatic carbocycles. The van der Waals surface area contributed by atoms with Crippen LogP contribution in [-0.2, 0) is 11.3 Å². The van der Waals surface area contributed by atoms with Crippen LogP contribution in [0.4, 0.5) is 22.0 Å². The zero-order valence-corrected chi connectivity index (χ0v) is 15.1. The number of ether oxygens (including phenoxy) is 2. The molecule has 0 spiro atoms. The van der Waals surface area contributed by atoms with Crippen LogP contribution in [0.1, 0.15) is 31.2 Å². The Morgan fingerprint density at radius 1 is 1.22 bits per heavy atom. The zero-order valence-electron chi connectivity index (χ0n) is 15.1. The van der Waals surface area contributed by atoms with E-state index in [2.05, 4.69) is 4.74 Å². The third-order valence-electron chi connectivity index (χ3n) is 4.74. The van der Waals surface area contributed by atoms with Crippen molar-refractivity contribution in [2.45, 2.75) is 45.0 Å². The largest absolute Gasteiger partial charge is 0.493 e. The fraction of sp³-hybridized carbons (Fsp3) is 0.611. The summed E-state index contributed by atoms with van der Waals surface area (Å²) in [7, 11) is 2.70. The summed E-state index contributed by atoms with van der Waals surface area (Å²) in [5.41, 5.74) is 0.446. The van der Waals surface area contributed by atoms with Crippen LogP contribution in [0.5, 0.6) is 11.5 Å². The number of methoxy groups -OCH3 is 1. The van der Waals surface area contributed by atoms with Crippen molar-refractivity contribution in [1.82, 2.24) is 4.90 Å². The van der Waals surface area contributed by atoms with Crippen molar-refractivity contribution >= 4 is 5.91 Å². The Morgan fingerprint density at radius 2 is 1.89 bits per heavy atom. The normalized spacial score (nSPS) is 20.4. The second-order valence-electron chi connectivity index (χ2n) is 6.60. The molecule has 1 aliphatic rings. The van der Waals surface area contributed by atoms with Crippen LogP contribution < -0.4 is 9.47 Å². The van der Waals surface area contributed by atoms with Crippen LogP contribution in [0.25, 0.3) is 0 Å². The summed E-state index contributed by atoms with van der Waals surface area (Å²) >= 11 is 0. The van der Waals surface area contributed by atoms with E-state index in [-0.39, 0.29) is 30.9 Å². The highest BCUT2D eigenvalue weighted by Crippen LogP contribution is 2.42. The lowest BCUT2D eigenvalue weighted by Gasteiger charge is -2.34. The number of nitrogens with zero attached hydrogens (tertiary/aromatic N) is 1. The molecule has 4 nitrogen and oxygen atoms in total. The molecule has 1 aromatic rings. The molecule has 1 fully saturated rings. The third-order valence-corrected chi connectivity index (χ3v) is 4.74. The SMILES string of the molecule is COc1ccc(CN(C)C(=O)C2CCCCC2C(F)(F)F)cc1OC(F)F. The molecule has 2 rings (SSSR count). The first-order chi connectivity index (χ1) is 12.6. The monoisotopic (exact) mass is 395 g/mol. The summed E-state index contributed by atoms with van der Waals surface area (Å²) in [6.07, 6.45) is -3.26. The van der Waals surface area contributed by atoms with Crippen molar-refractivity contribution in [2.75, 3.05) is 14.2 Å². The zero-order chi connectivity index (χ0) is 20.2. The lowest BCUT2D eigenvalue weighted by atomic mass is 9.78. The minimum atomic E-state index is -4.42. The van der Waals surface area contributed by atoms with Gasteiger partial charge in [-0.15, -0.1) is 0 Å². The van der Waals surface area contributed by atoms with E-state index >= 15 is 0 Å². The Bertz CT molecular complexity index is 650. The average Bonchev–Trinajstić information content (AvgIpc) is 2.60. The molecule has 0 bridgehead atoms. The van der Waals surface area contributed by atoms with Gasteiger partial charge in [-0.3, -0.25) is 4.79 Å². The van der Waals surface area contributed by atoms with E-state index in [0.29, 0.717) is 18.4 Å². The number of carbonyl (C=O) groups is 1. The van der Waals surface area contributed by atoms with Crippen LogP contribution in [0.3, 0.4) is 0 Å². The van der Waals surface area contributed by atoms with Crippen molar-refractivity contribution < 1.29 is 36.2 Å². The molecule has 1 amide bonds. The Kier molecular flexibility index (Phi) is 6.89. The molecule has 1 saturated carbocycles. The van der Waals surface area contributed by atoms with Gasteiger partial charge in [0.25, 0.3) is 0 Å². The van der Waals surface area contributed by atoms with E-state index in [4.69, 9.17) is 4.74 Å². The number of rotatable bonds is 6. The molecule has 9 heteroatoms. The fourth-order valence-electron chi connectivity index (χ4n) is 3.46. The summed E-state index contributed by atoms with van der Waals surface area (Å²) in [5, 5.41) is 0. The fourth-order valence-corrected chi connectivity index (χ4v) is 3.46. The van der Waals surface area contributed by atoms with Crippen molar-refractivity contribution in [3.05, 3.63) is 23.8 Å². The van der Waals surface area contributed by atoms with Gasteiger partial charge in [0, 0.05) is 19.5 Å². The van der Waals surface area contributed by atoms with Gasteiger partial charge in [0.2, 0.25) is 5.91 Å². The van der Waals surface area contributed by atoms with E-state index in [1.807, 2.05) is 0 Å². The number of alkyl halides is 5. The third kappa shape index (κ3) is 5.46. The topological polar surface area (TPSA) is 38.8 Å². The highest BCUT2D eigenvalue weighted by Gasteiger charge is 2.48. The molecule has 2 unspecified atom stereocenters. The molecule has 0 N–H and O–H groups in total. The lowest BCUT2D eigenvalue weighted by Crippen LogP contribution is -2.43. The number of halogens is 5. The molecular formula is C18H22F5NO3. The molecule has 27 heavy (non-hydrogen) atoms. The summed E-state index contributed by atoms with van der Waals surface area (Å²) in [6, 6.07) is 4.24. The van der Waals surface area contributed by atoms with Gasteiger partial charge >= 0.3 is 12.8 Å². The first kappa shape index (κ1) is 21.2. The van der Waals surface area contributed by atoms with Crippen molar-refractivity contribution in [3.63, 3.8) is 0 Å². The number of carbonyl (C=O) groups excluding carboxylic acids is 1. The van der Waals surface area contributed by atoms with Gasteiger partial charge in [-0.05, 0) is 30.5 Å². The molecular weight excluding hydrogens is 373 g/mol. The van der Waals surface area contributed by atoms with E-state index in [9.17, 15) is 26.7 Å². The summed E-state index contributed by atoms with van der Waals surface area (Å²) in [5.74, 6) is -3.45. The highest BCUT2D eigenvalue weighted by molar-refractivity contribution is 5.79. The predicted molar refractivity (Wildman–Crippen MR) is 87.6 cm³/mol. The first-order valence-electron chi connectivity index (χ1n) is 8.57. The van der Waals surface area contributed by atoms with Crippen LogP contribution in [0.2, 0.25) is 0 Å². The molecule has 2 atom stereocenters. The van der Waals surface area contributed by atoms with E-state index < -0.39 is 30.5 Å². The molecule has 1 aliphatic carbocycles. The maximum atomic E-state index is 13.2. The molecule has 0 saturated heterocycles. The summed E-state index contributed by atoms with van der Waals surface area (Å²) in [4.78, 5) is 13.8. The smallest absolute Gasteiger partial charge is 0.392 e. The van der Waals surface area contributed by atoms with Gasteiger partial charge in [0.15, 0.2) is 11.5 Å². The molecule has 152 valence electrons.